The Labute approximate surface area is 125 Å². The van der Waals surface area contributed by atoms with Gasteiger partial charge in [-0.25, -0.2) is 0 Å². The fraction of sp³-hybridized carbons (Fsp3) is 0.412. The quantitative estimate of drug-likeness (QED) is 0.754. The Bertz CT molecular complexity index is 563. The van der Waals surface area contributed by atoms with E-state index in [0.717, 1.165) is 12.2 Å². The number of rotatable bonds is 4. The zero-order valence-electron chi connectivity index (χ0n) is 13.6. The summed E-state index contributed by atoms with van der Waals surface area (Å²) in [5.74, 6) is 1.05. The molecular weight excluding hydrogens is 276 g/mol. The molecule has 1 nitrogen and oxygen atoms in total. The number of allylic oxidation sites excluding steroid dienone is 4. The van der Waals surface area contributed by atoms with E-state index in [0.29, 0.717) is 0 Å². The van der Waals surface area contributed by atoms with Crippen LogP contribution in [0.15, 0.2) is 46.8 Å². The molecule has 0 saturated heterocycles. The molecule has 2 rings (SSSR count). The van der Waals surface area contributed by atoms with Crippen LogP contribution in [0.3, 0.4) is 0 Å². The van der Waals surface area contributed by atoms with Gasteiger partial charge in [0.15, 0.2) is 0 Å². The van der Waals surface area contributed by atoms with Crippen LogP contribution in [0.4, 0.5) is 0 Å². The zero-order valence-corrected chi connectivity index (χ0v) is 15.6. The van der Waals surface area contributed by atoms with Crippen LogP contribution in [-0.4, -0.2) is 23.3 Å². The SMILES string of the molecule is COc1ccccc1[Si](C)(C)C1=C([Si](C)(C)C)C=CC1. The number of para-hydroxylation sites is 1. The van der Waals surface area contributed by atoms with Gasteiger partial charge in [0.1, 0.15) is 13.8 Å². The second-order valence-corrected chi connectivity index (χ2v) is 16.5. The first-order valence-electron chi connectivity index (χ1n) is 7.32. The van der Waals surface area contributed by atoms with Crippen molar-refractivity contribution in [1.29, 1.82) is 0 Å². The van der Waals surface area contributed by atoms with E-state index >= 15 is 0 Å². The highest BCUT2D eigenvalue weighted by molar-refractivity contribution is 6.98. The Morgan fingerprint density at radius 1 is 1.00 bits per heavy atom. The topological polar surface area (TPSA) is 9.23 Å². The van der Waals surface area contributed by atoms with E-state index in [-0.39, 0.29) is 0 Å². The van der Waals surface area contributed by atoms with Gasteiger partial charge in [0.25, 0.3) is 0 Å². The molecule has 1 aliphatic carbocycles. The van der Waals surface area contributed by atoms with Gasteiger partial charge in [-0.1, -0.05) is 73.5 Å². The van der Waals surface area contributed by atoms with Crippen molar-refractivity contribution in [2.75, 3.05) is 7.11 Å². The van der Waals surface area contributed by atoms with Crippen molar-refractivity contribution in [3.05, 3.63) is 46.8 Å². The molecule has 0 radical (unpaired) electrons. The molecule has 1 aromatic carbocycles. The summed E-state index contributed by atoms with van der Waals surface area (Å²) in [5.41, 5.74) is 0. The third-order valence-corrected chi connectivity index (χ3v) is 10.4. The van der Waals surface area contributed by atoms with Crippen molar-refractivity contribution in [1.82, 2.24) is 0 Å². The molecule has 0 unspecified atom stereocenters. The lowest BCUT2D eigenvalue weighted by atomic mass is 10.3. The van der Waals surface area contributed by atoms with Crippen LogP contribution < -0.4 is 9.92 Å². The average molecular weight is 303 g/mol. The smallest absolute Gasteiger partial charge is 0.118 e. The fourth-order valence-corrected chi connectivity index (χ4v) is 9.84. The van der Waals surface area contributed by atoms with Gasteiger partial charge in [0, 0.05) is 0 Å². The predicted molar refractivity (Wildman–Crippen MR) is 94.2 cm³/mol. The van der Waals surface area contributed by atoms with Gasteiger partial charge in [-0.05, 0) is 17.7 Å². The Hall–Kier alpha value is -1.07. The number of hydrogen-bond acceptors (Lipinski definition) is 1. The molecule has 0 aromatic heterocycles. The van der Waals surface area contributed by atoms with E-state index in [1.54, 1.807) is 17.5 Å². The number of ether oxygens (including phenoxy) is 1. The maximum atomic E-state index is 5.62. The Morgan fingerprint density at radius 3 is 2.25 bits per heavy atom. The summed E-state index contributed by atoms with van der Waals surface area (Å²) in [4.78, 5) is 0. The first-order chi connectivity index (χ1) is 9.28. The van der Waals surface area contributed by atoms with Crippen LogP contribution in [0.1, 0.15) is 6.42 Å². The zero-order chi connectivity index (χ0) is 15.0. The van der Waals surface area contributed by atoms with E-state index in [4.69, 9.17) is 4.74 Å². The highest BCUT2D eigenvalue weighted by atomic mass is 28.3. The maximum Gasteiger partial charge on any atom is 0.118 e. The summed E-state index contributed by atoms with van der Waals surface area (Å²) in [5, 5.41) is 4.80. The van der Waals surface area contributed by atoms with E-state index in [1.807, 2.05) is 0 Å². The fourth-order valence-electron chi connectivity index (χ4n) is 3.12. The lowest BCUT2D eigenvalue weighted by Gasteiger charge is -2.31. The predicted octanol–water partition coefficient (Wildman–Crippen LogP) is 4.28. The number of hydrogen-bond donors (Lipinski definition) is 0. The second kappa shape index (κ2) is 5.37. The minimum absolute atomic E-state index is 1.05. The molecule has 108 valence electrons. The van der Waals surface area contributed by atoms with Crippen molar-refractivity contribution in [3.63, 3.8) is 0 Å². The monoisotopic (exact) mass is 302 g/mol. The van der Waals surface area contributed by atoms with E-state index in [2.05, 4.69) is 69.2 Å². The van der Waals surface area contributed by atoms with Crippen LogP contribution in [0.25, 0.3) is 0 Å². The van der Waals surface area contributed by atoms with Crippen molar-refractivity contribution in [2.45, 2.75) is 39.2 Å². The summed E-state index contributed by atoms with van der Waals surface area (Å²) in [6, 6.07) is 8.57. The van der Waals surface area contributed by atoms with Gasteiger partial charge in [0.05, 0.1) is 15.2 Å². The van der Waals surface area contributed by atoms with Gasteiger partial charge in [0.2, 0.25) is 0 Å². The summed E-state index contributed by atoms with van der Waals surface area (Å²) in [7, 11) is -1.15. The van der Waals surface area contributed by atoms with Gasteiger partial charge in [-0.15, -0.1) is 0 Å². The standard InChI is InChI=1S/C17H26OSi2/c1-18-14-10-7-8-11-15(14)20(5,6)17-13-9-12-16(17)19(2,3)4/h7-12H,13H2,1-6H3. The molecule has 0 atom stereocenters. The highest BCUT2D eigenvalue weighted by Gasteiger charge is 2.36. The second-order valence-electron chi connectivity index (χ2n) is 7.07. The lowest BCUT2D eigenvalue weighted by molar-refractivity contribution is 0.418. The molecule has 0 fully saturated rings. The Morgan fingerprint density at radius 2 is 1.65 bits per heavy atom. The van der Waals surface area contributed by atoms with Crippen LogP contribution in [0.2, 0.25) is 32.7 Å². The van der Waals surface area contributed by atoms with Crippen molar-refractivity contribution < 1.29 is 4.74 Å². The molecule has 20 heavy (non-hydrogen) atoms. The summed E-state index contributed by atoms with van der Waals surface area (Å²) in [6.45, 7) is 12.3. The number of methoxy groups -OCH3 is 1. The molecule has 0 amide bonds. The van der Waals surface area contributed by atoms with Crippen molar-refractivity contribution in [2.24, 2.45) is 0 Å². The molecule has 0 N–H and O–H groups in total. The van der Waals surface area contributed by atoms with Crippen LogP contribution in [-0.2, 0) is 0 Å². The van der Waals surface area contributed by atoms with Crippen molar-refractivity contribution >= 4 is 21.3 Å². The van der Waals surface area contributed by atoms with Crippen LogP contribution in [0.5, 0.6) is 5.75 Å². The van der Waals surface area contributed by atoms with Gasteiger partial charge < -0.3 is 4.74 Å². The molecule has 0 spiro atoms. The summed E-state index contributed by atoms with van der Waals surface area (Å²) >= 11 is 0. The lowest BCUT2D eigenvalue weighted by Crippen LogP contribution is -2.46. The summed E-state index contributed by atoms with van der Waals surface area (Å²) in [6.07, 6.45) is 5.88. The third kappa shape index (κ3) is 2.70. The van der Waals surface area contributed by atoms with Crippen LogP contribution >= 0.6 is 0 Å². The van der Waals surface area contributed by atoms with E-state index < -0.39 is 16.1 Å². The van der Waals surface area contributed by atoms with Crippen LogP contribution in [0, 0.1) is 0 Å². The normalized spacial score (nSPS) is 15.9. The highest BCUT2D eigenvalue weighted by Crippen LogP contribution is 2.34. The molecule has 0 saturated carbocycles. The van der Waals surface area contributed by atoms with Gasteiger partial charge >= 0.3 is 0 Å². The minimum Gasteiger partial charge on any atom is -0.497 e. The third-order valence-electron chi connectivity index (χ3n) is 4.27. The average Bonchev–Trinajstić information content (AvgIpc) is 2.88. The first kappa shape index (κ1) is 15.3. The Kier molecular flexibility index (Phi) is 4.12. The molecule has 0 aliphatic heterocycles. The molecular formula is C17H26OSi2. The van der Waals surface area contributed by atoms with Gasteiger partial charge in [-0.3, -0.25) is 0 Å². The first-order valence-corrected chi connectivity index (χ1v) is 13.8. The maximum absolute atomic E-state index is 5.62. The molecule has 0 bridgehead atoms. The van der Waals surface area contributed by atoms with E-state index in [9.17, 15) is 0 Å². The molecule has 1 aliphatic rings. The molecule has 3 heteroatoms. The van der Waals surface area contributed by atoms with E-state index in [1.165, 1.54) is 5.19 Å². The molecule has 1 aromatic rings. The molecule has 0 heterocycles. The van der Waals surface area contributed by atoms with Gasteiger partial charge in [-0.2, -0.15) is 0 Å². The number of benzene rings is 1. The Balaban J connectivity index is 2.55. The van der Waals surface area contributed by atoms with Crippen molar-refractivity contribution in [3.8, 4) is 5.75 Å². The minimum atomic E-state index is -1.66. The summed E-state index contributed by atoms with van der Waals surface area (Å²) < 4.78 is 5.62. The largest absolute Gasteiger partial charge is 0.497 e.